The van der Waals surface area contributed by atoms with Gasteiger partial charge >= 0.3 is 0 Å². The number of ether oxygens (including phenoxy) is 3. The first kappa shape index (κ1) is 49.3. The zero-order chi connectivity index (χ0) is 48.0. The fourth-order valence-corrected chi connectivity index (χ4v) is 8.09. The number of anilines is 4. The third kappa shape index (κ3) is 12.9. The largest absolute Gasteiger partial charge is 0.445 e. The van der Waals surface area contributed by atoms with Gasteiger partial charge in [0, 0.05) is 88.3 Å². The van der Waals surface area contributed by atoms with Crippen LogP contribution in [0.15, 0.2) is 107 Å². The molecule has 0 aliphatic carbocycles. The summed E-state index contributed by atoms with van der Waals surface area (Å²) in [7, 11) is 0. The number of furan rings is 1. The van der Waals surface area contributed by atoms with Crippen LogP contribution in [0.2, 0.25) is 0 Å². The van der Waals surface area contributed by atoms with Gasteiger partial charge in [-0.3, -0.25) is 29.0 Å². The molecule has 18 nitrogen and oxygen atoms in total. The number of rotatable bonds is 24. The fraction of sp³-hybridized carbons (Fsp3) is 0.420. The van der Waals surface area contributed by atoms with Crippen molar-refractivity contribution in [1.29, 1.82) is 0 Å². The quantitative estimate of drug-likeness (QED) is 0.0454. The van der Waals surface area contributed by atoms with Gasteiger partial charge in [0.25, 0.3) is 5.56 Å². The summed E-state index contributed by atoms with van der Waals surface area (Å²) in [6.07, 6.45) is 3.51. The molecule has 362 valence electrons. The summed E-state index contributed by atoms with van der Waals surface area (Å²) in [6.45, 7) is 19.4. The monoisotopic (exact) mass is 933 g/mol. The minimum absolute atomic E-state index is 0.0286. The molecule has 2 aromatic carbocycles. The van der Waals surface area contributed by atoms with Crippen LogP contribution in [-0.2, 0) is 47.2 Å². The van der Waals surface area contributed by atoms with Crippen LogP contribution < -0.4 is 26.0 Å². The maximum atomic E-state index is 13.5. The number of allylic oxidation sites excluding steroid dienone is 1. The van der Waals surface area contributed by atoms with Gasteiger partial charge in [0.2, 0.25) is 23.6 Å². The van der Waals surface area contributed by atoms with Gasteiger partial charge in [0.15, 0.2) is 5.82 Å². The second-order valence-corrected chi connectivity index (χ2v) is 17.1. The number of pyridine rings is 1. The molecule has 0 atom stereocenters. The number of benzene rings is 2. The molecule has 0 saturated carbocycles. The second kappa shape index (κ2) is 23.4. The van der Waals surface area contributed by atoms with Crippen LogP contribution in [0.5, 0.6) is 0 Å². The van der Waals surface area contributed by atoms with Crippen molar-refractivity contribution >= 4 is 51.6 Å². The van der Waals surface area contributed by atoms with Crippen LogP contribution in [0.4, 0.5) is 22.9 Å². The van der Waals surface area contributed by atoms with Crippen LogP contribution in [0.25, 0.3) is 16.7 Å². The first-order valence-corrected chi connectivity index (χ1v) is 23.1. The van der Waals surface area contributed by atoms with Crippen molar-refractivity contribution in [2.45, 2.75) is 38.8 Å². The number of fused-ring (bicyclic) bond motifs is 1. The minimum atomic E-state index is -1.14. The first-order chi connectivity index (χ1) is 32.9. The summed E-state index contributed by atoms with van der Waals surface area (Å²) in [6, 6.07) is 22.9. The maximum absolute atomic E-state index is 13.5. The number of aromatic nitrogens is 3. The molecule has 0 bridgehead atoms. The Labute approximate surface area is 396 Å². The molecule has 18 heteroatoms. The number of piperazine rings is 2. The van der Waals surface area contributed by atoms with Crippen LogP contribution in [0.3, 0.4) is 0 Å². The topological polar surface area (TPSA) is 189 Å². The van der Waals surface area contributed by atoms with E-state index in [1.807, 2.05) is 30.3 Å². The Balaban J connectivity index is 0.728. The summed E-state index contributed by atoms with van der Waals surface area (Å²) in [5.41, 5.74) is 2.81. The van der Waals surface area contributed by atoms with Gasteiger partial charge in [-0.2, -0.15) is 0 Å². The molecule has 0 unspecified atom stereocenters. The Morgan fingerprint density at radius 2 is 1.57 bits per heavy atom. The van der Waals surface area contributed by atoms with Gasteiger partial charge in [-0.15, -0.1) is 6.58 Å². The number of hydrogen-bond donors (Lipinski definition) is 3. The Morgan fingerprint density at radius 1 is 0.853 bits per heavy atom. The van der Waals surface area contributed by atoms with E-state index in [1.165, 1.54) is 15.9 Å². The normalized spacial score (nSPS) is 14.7. The van der Waals surface area contributed by atoms with Crippen LogP contribution in [-0.4, -0.2) is 146 Å². The summed E-state index contributed by atoms with van der Waals surface area (Å²) in [4.78, 5) is 62.6. The van der Waals surface area contributed by atoms with Crippen LogP contribution in [0.1, 0.15) is 31.7 Å². The summed E-state index contributed by atoms with van der Waals surface area (Å²) in [5.74, 6) is 0.906. The molecule has 2 saturated heterocycles. The standard InChI is InChI=1S/C50H63N9O9/c1-5-21-58-49(63)41-17-12-38(35-42(41)59(58)44-9-7-8-43(53-44)50(3,4)64)52-37-10-13-39(14-11-37)55-24-22-54(23-25-55)28-30-66-32-34-67-33-31-65-29-20-51-45(60)18-15-40-16-19-48(68-40)57-27-26-56(36-47(57)62)46(61)6-2/h5-14,16-17,19,35,52,64H,1-2,15,18,20-34,36H2,3-4H3,(H,51,60). The number of nitrogens with one attached hydrogen (secondary N) is 2. The maximum Gasteiger partial charge on any atom is 0.275 e. The number of aliphatic hydroxyl groups is 1. The van der Waals surface area contributed by atoms with Gasteiger partial charge in [-0.05, 0) is 80.6 Å². The lowest BCUT2D eigenvalue weighted by Crippen LogP contribution is -2.52. The third-order valence-electron chi connectivity index (χ3n) is 11.8. The second-order valence-electron chi connectivity index (χ2n) is 17.1. The SMILES string of the molecule is C=CCn1c(=O)c2ccc(Nc3ccc(N4CCN(CCOCCOCCOCCNC(=O)CCc5ccc(N6CCN(C(=O)C=C)CC6=O)o5)CC4)cc3)cc2n1-c1cccc(C(C)(C)O)n1. The number of aryl methyl sites for hydroxylation is 1. The Kier molecular flexibility index (Phi) is 17.0. The molecule has 3 aromatic heterocycles. The van der Waals surface area contributed by atoms with Crippen molar-refractivity contribution in [3.05, 3.63) is 120 Å². The number of carbonyl (C=O) groups excluding carboxylic acids is 3. The molecule has 3 amide bonds. The molecule has 5 aromatic rings. The van der Waals surface area contributed by atoms with E-state index < -0.39 is 5.60 Å². The van der Waals surface area contributed by atoms with E-state index in [0.29, 0.717) is 106 Å². The molecular formula is C50H63N9O9. The van der Waals surface area contributed by atoms with E-state index in [-0.39, 0.29) is 36.2 Å². The lowest BCUT2D eigenvalue weighted by molar-refractivity contribution is -0.133. The van der Waals surface area contributed by atoms with E-state index >= 15 is 0 Å². The van der Waals surface area contributed by atoms with Gasteiger partial charge < -0.3 is 44.2 Å². The van der Waals surface area contributed by atoms with E-state index in [4.69, 9.17) is 23.6 Å². The average molecular weight is 934 g/mol. The molecular weight excluding hydrogens is 871 g/mol. The van der Waals surface area contributed by atoms with E-state index in [9.17, 15) is 24.3 Å². The van der Waals surface area contributed by atoms with Crippen molar-refractivity contribution in [3.63, 3.8) is 0 Å². The minimum Gasteiger partial charge on any atom is -0.445 e. The summed E-state index contributed by atoms with van der Waals surface area (Å²) in [5, 5.41) is 17.5. The summed E-state index contributed by atoms with van der Waals surface area (Å²) < 4.78 is 26.2. The molecule has 0 spiro atoms. The molecule has 68 heavy (non-hydrogen) atoms. The Bertz CT molecular complexity index is 2570. The lowest BCUT2D eigenvalue weighted by atomic mass is 10.1. The Morgan fingerprint density at radius 3 is 2.28 bits per heavy atom. The van der Waals surface area contributed by atoms with E-state index in [1.54, 1.807) is 47.5 Å². The fourth-order valence-electron chi connectivity index (χ4n) is 8.09. The molecule has 7 rings (SSSR count). The van der Waals surface area contributed by atoms with Gasteiger partial charge in [0.1, 0.15) is 17.9 Å². The molecule has 2 aliphatic heterocycles. The smallest absolute Gasteiger partial charge is 0.275 e. The number of hydrogen-bond acceptors (Lipinski definition) is 13. The predicted molar refractivity (Wildman–Crippen MR) is 261 cm³/mol. The zero-order valence-electron chi connectivity index (χ0n) is 39.1. The van der Waals surface area contributed by atoms with E-state index in [0.717, 1.165) is 49.8 Å². The first-order valence-electron chi connectivity index (χ1n) is 23.1. The van der Waals surface area contributed by atoms with Crippen molar-refractivity contribution in [2.75, 3.05) is 114 Å². The zero-order valence-corrected chi connectivity index (χ0v) is 39.1. The number of nitrogens with zero attached hydrogens (tertiary/aromatic N) is 7. The average Bonchev–Trinajstić information content (AvgIpc) is 3.92. The molecule has 0 radical (unpaired) electrons. The predicted octanol–water partition coefficient (Wildman–Crippen LogP) is 4.22. The van der Waals surface area contributed by atoms with Crippen molar-refractivity contribution in [2.24, 2.45) is 0 Å². The van der Waals surface area contributed by atoms with Crippen molar-refractivity contribution in [1.82, 2.24) is 29.5 Å². The van der Waals surface area contributed by atoms with Crippen molar-refractivity contribution in [3.8, 4) is 5.82 Å². The van der Waals surface area contributed by atoms with Gasteiger partial charge in [0.05, 0.1) is 62.8 Å². The lowest BCUT2D eigenvalue weighted by Gasteiger charge is -2.36. The van der Waals surface area contributed by atoms with Crippen LogP contribution in [0, 0.1) is 0 Å². The van der Waals surface area contributed by atoms with Gasteiger partial charge in [-0.1, -0.05) is 18.7 Å². The van der Waals surface area contributed by atoms with Crippen LogP contribution >= 0.6 is 0 Å². The van der Waals surface area contributed by atoms with Gasteiger partial charge in [-0.25, -0.2) is 14.3 Å². The Hall–Kier alpha value is -6.57. The van der Waals surface area contributed by atoms with E-state index in [2.05, 4.69) is 57.9 Å². The van der Waals surface area contributed by atoms with Crippen molar-refractivity contribution < 1.29 is 38.1 Å². The third-order valence-corrected chi connectivity index (χ3v) is 11.8. The highest BCUT2D eigenvalue weighted by Crippen LogP contribution is 2.27. The molecule has 3 N–H and O–H groups in total. The molecule has 2 fully saturated rings. The molecule has 2 aliphatic rings. The molecule has 5 heterocycles. The highest BCUT2D eigenvalue weighted by molar-refractivity contribution is 5.98. The highest BCUT2D eigenvalue weighted by atomic mass is 16.5. The highest BCUT2D eigenvalue weighted by Gasteiger charge is 2.29. The summed E-state index contributed by atoms with van der Waals surface area (Å²) >= 11 is 0. The number of amides is 3. The number of carbonyl (C=O) groups is 3.